The third-order valence-electron chi connectivity index (χ3n) is 3.97. The van der Waals surface area contributed by atoms with Crippen LogP contribution < -0.4 is 10.2 Å². The second kappa shape index (κ2) is 7.76. The van der Waals surface area contributed by atoms with E-state index < -0.39 is 0 Å². The molecule has 1 aromatic carbocycles. The first-order chi connectivity index (χ1) is 10.1. The van der Waals surface area contributed by atoms with Gasteiger partial charge in [-0.15, -0.1) is 0 Å². The first kappa shape index (κ1) is 16.2. The van der Waals surface area contributed by atoms with Gasteiger partial charge in [-0.05, 0) is 25.0 Å². The minimum absolute atomic E-state index is 0.0341. The number of benzene rings is 1. The van der Waals surface area contributed by atoms with Crippen molar-refractivity contribution in [3.8, 4) is 0 Å². The third kappa shape index (κ3) is 4.97. The standard InChI is InChI=1S/C16H22ClFN2O/c1-20(10-13-14(17)8-5-9-15(13)18)11-16(21)19-12-6-3-2-4-7-12/h5,8-9,12H,2-4,6-7,10-11H2,1H3,(H,19,21)/p+1. The Morgan fingerprint density at radius 2 is 2.10 bits per heavy atom. The maximum absolute atomic E-state index is 13.7. The van der Waals surface area contributed by atoms with E-state index in [9.17, 15) is 9.18 Å². The molecule has 1 unspecified atom stereocenters. The van der Waals surface area contributed by atoms with E-state index in [1.54, 1.807) is 12.1 Å². The smallest absolute Gasteiger partial charge is 0.275 e. The SMILES string of the molecule is C[NH+](CC(=O)NC1CCCCC1)Cc1c(F)cccc1Cl. The van der Waals surface area contributed by atoms with E-state index in [0.717, 1.165) is 17.7 Å². The second-order valence-corrected chi connectivity index (χ2v) is 6.32. The van der Waals surface area contributed by atoms with Crippen LogP contribution in [0.4, 0.5) is 4.39 Å². The maximum Gasteiger partial charge on any atom is 0.275 e. The highest BCUT2D eigenvalue weighted by Crippen LogP contribution is 2.18. The maximum atomic E-state index is 13.7. The molecule has 1 amide bonds. The summed E-state index contributed by atoms with van der Waals surface area (Å²) in [6.45, 7) is 0.741. The van der Waals surface area contributed by atoms with Crippen LogP contribution in [0.2, 0.25) is 5.02 Å². The van der Waals surface area contributed by atoms with E-state index in [1.807, 2.05) is 7.05 Å². The lowest BCUT2D eigenvalue weighted by Gasteiger charge is -2.23. The van der Waals surface area contributed by atoms with Crippen molar-refractivity contribution >= 4 is 17.5 Å². The number of nitrogens with one attached hydrogen (secondary N) is 2. The molecular weight excluding hydrogens is 291 g/mol. The van der Waals surface area contributed by atoms with Gasteiger partial charge in [0.15, 0.2) is 6.54 Å². The van der Waals surface area contributed by atoms with Crippen LogP contribution in [0.25, 0.3) is 0 Å². The Morgan fingerprint density at radius 3 is 2.76 bits per heavy atom. The zero-order valence-corrected chi connectivity index (χ0v) is 13.2. The highest BCUT2D eigenvalue weighted by molar-refractivity contribution is 6.31. The van der Waals surface area contributed by atoms with Gasteiger partial charge in [-0.25, -0.2) is 4.39 Å². The molecule has 0 bridgehead atoms. The van der Waals surface area contributed by atoms with Crippen molar-refractivity contribution in [2.24, 2.45) is 0 Å². The van der Waals surface area contributed by atoms with Crippen LogP contribution in [0.5, 0.6) is 0 Å². The van der Waals surface area contributed by atoms with Crippen LogP contribution in [0, 0.1) is 5.82 Å². The first-order valence-electron chi connectivity index (χ1n) is 7.60. The molecular formula is C16H23ClFN2O+. The van der Waals surface area contributed by atoms with Gasteiger partial charge in [0.25, 0.3) is 5.91 Å². The van der Waals surface area contributed by atoms with Gasteiger partial charge in [-0.2, -0.15) is 0 Å². The molecule has 0 saturated heterocycles. The number of hydrogen-bond donors (Lipinski definition) is 2. The van der Waals surface area contributed by atoms with Crippen molar-refractivity contribution in [3.05, 3.63) is 34.6 Å². The molecule has 2 rings (SSSR count). The lowest BCUT2D eigenvalue weighted by atomic mass is 9.95. The summed E-state index contributed by atoms with van der Waals surface area (Å²) in [5, 5.41) is 3.50. The molecule has 5 heteroatoms. The van der Waals surface area contributed by atoms with Crippen molar-refractivity contribution < 1.29 is 14.1 Å². The molecule has 1 saturated carbocycles. The van der Waals surface area contributed by atoms with E-state index in [1.165, 1.54) is 25.3 Å². The van der Waals surface area contributed by atoms with Crippen molar-refractivity contribution in [1.82, 2.24) is 5.32 Å². The molecule has 0 aliphatic heterocycles. The van der Waals surface area contributed by atoms with Crippen LogP contribution in [-0.2, 0) is 11.3 Å². The Kier molecular flexibility index (Phi) is 6.00. The number of quaternary nitrogens is 1. The summed E-state index contributed by atoms with van der Waals surface area (Å²) in [5.74, 6) is -0.276. The number of likely N-dealkylation sites (N-methyl/N-ethyl adjacent to an activating group) is 1. The van der Waals surface area contributed by atoms with Gasteiger partial charge in [0.05, 0.1) is 17.6 Å². The third-order valence-corrected chi connectivity index (χ3v) is 4.33. The van der Waals surface area contributed by atoms with E-state index in [-0.39, 0.29) is 11.7 Å². The second-order valence-electron chi connectivity index (χ2n) is 5.91. The van der Waals surface area contributed by atoms with Crippen LogP contribution in [0.3, 0.4) is 0 Å². The van der Waals surface area contributed by atoms with Crippen LogP contribution in [0.1, 0.15) is 37.7 Å². The summed E-state index contributed by atoms with van der Waals surface area (Å²) < 4.78 is 13.7. The number of carbonyl (C=O) groups excluding carboxylic acids is 1. The average molecular weight is 314 g/mol. The molecule has 1 aromatic rings. The molecule has 116 valence electrons. The number of halogens is 2. The van der Waals surface area contributed by atoms with Crippen LogP contribution >= 0.6 is 11.6 Å². The van der Waals surface area contributed by atoms with Crippen LogP contribution in [-0.4, -0.2) is 25.5 Å². The zero-order chi connectivity index (χ0) is 15.2. The highest BCUT2D eigenvalue weighted by Gasteiger charge is 2.19. The monoisotopic (exact) mass is 313 g/mol. The van der Waals surface area contributed by atoms with Crippen molar-refractivity contribution in [2.45, 2.75) is 44.7 Å². The molecule has 0 spiro atoms. The molecule has 1 fully saturated rings. The Morgan fingerprint density at radius 1 is 1.38 bits per heavy atom. The first-order valence-corrected chi connectivity index (χ1v) is 7.97. The van der Waals surface area contributed by atoms with Gasteiger partial charge in [0, 0.05) is 6.04 Å². The fourth-order valence-corrected chi connectivity index (χ4v) is 3.10. The molecule has 1 aliphatic carbocycles. The number of hydrogen-bond acceptors (Lipinski definition) is 1. The molecule has 0 heterocycles. The van der Waals surface area contributed by atoms with Crippen molar-refractivity contribution in [3.63, 3.8) is 0 Å². The summed E-state index contributed by atoms with van der Waals surface area (Å²) in [5.41, 5.74) is 0.474. The molecule has 0 aromatic heterocycles. The Bertz CT molecular complexity index is 469. The number of carbonyl (C=O) groups is 1. The lowest BCUT2D eigenvalue weighted by molar-refractivity contribution is -0.885. The van der Waals surface area contributed by atoms with Gasteiger partial charge in [0.1, 0.15) is 12.4 Å². The lowest BCUT2D eigenvalue weighted by Crippen LogP contribution is -3.09. The predicted molar refractivity (Wildman–Crippen MR) is 81.9 cm³/mol. The largest absolute Gasteiger partial charge is 0.348 e. The molecule has 3 nitrogen and oxygen atoms in total. The Hall–Kier alpha value is -1.13. The summed E-state index contributed by atoms with van der Waals surface area (Å²) in [4.78, 5) is 12.9. The normalized spacial score (nSPS) is 17.5. The molecule has 21 heavy (non-hydrogen) atoms. The summed E-state index contributed by atoms with van der Waals surface area (Å²) in [6, 6.07) is 4.98. The number of rotatable bonds is 5. The van der Waals surface area contributed by atoms with E-state index >= 15 is 0 Å². The van der Waals surface area contributed by atoms with E-state index in [0.29, 0.717) is 29.7 Å². The van der Waals surface area contributed by atoms with Gasteiger partial charge < -0.3 is 10.2 Å². The minimum atomic E-state index is -0.311. The molecule has 1 atom stereocenters. The van der Waals surface area contributed by atoms with Gasteiger partial charge in [-0.3, -0.25) is 4.79 Å². The quantitative estimate of drug-likeness (QED) is 0.856. The summed E-state index contributed by atoms with van der Waals surface area (Å²) >= 11 is 6.01. The fraction of sp³-hybridized carbons (Fsp3) is 0.562. The van der Waals surface area contributed by atoms with Gasteiger partial charge in [-0.1, -0.05) is 36.9 Å². The highest BCUT2D eigenvalue weighted by atomic mass is 35.5. The van der Waals surface area contributed by atoms with E-state index in [4.69, 9.17) is 11.6 Å². The average Bonchev–Trinajstić information content (AvgIpc) is 2.44. The molecule has 2 N–H and O–H groups in total. The number of amides is 1. The fourth-order valence-electron chi connectivity index (χ4n) is 2.87. The van der Waals surface area contributed by atoms with Gasteiger partial charge in [0.2, 0.25) is 0 Å². The minimum Gasteiger partial charge on any atom is -0.348 e. The van der Waals surface area contributed by atoms with Gasteiger partial charge >= 0.3 is 0 Å². The summed E-state index contributed by atoms with van der Waals surface area (Å²) in [7, 11) is 1.88. The zero-order valence-electron chi connectivity index (χ0n) is 12.4. The predicted octanol–water partition coefficient (Wildman–Crippen LogP) is 1.94. The molecule has 1 aliphatic rings. The Balaban J connectivity index is 1.83. The topological polar surface area (TPSA) is 33.5 Å². The van der Waals surface area contributed by atoms with Crippen molar-refractivity contribution in [1.29, 1.82) is 0 Å². The van der Waals surface area contributed by atoms with Crippen LogP contribution in [0.15, 0.2) is 18.2 Å². The Labute approximate surface area is 130 Å². The molecule has 0 radical (unpaired) electrons. The van der Waals surface area contributed by atoms with Crippen molar-refractivity contribution in [2.75, 3.05) is 13.6 Å². The van der Waals surface area contributed by atoms with E-state index in [2.05, 4.69) is 5.32 Å². The summed E-state index contributed by atoms with van der Waals surface area (Å²) in [6.07, 6.45) is 5.80.